The van der Waals surface area contributed by atoms with Crippen molar-refractivity contribution in [3.05, 3.63) is 60.2 Å². The normalized spacial score (nSPS) is 29.3. The fourth-order valence-corrected chi connectivity index (χ4v) is 16.2. The lowest BCUT2D eigenvalue weighted by Gasteiger charge is -2.62. The number of thioether (sulfide) groups is 1. The van der Waals surface area contributed by atoms with Crippen molar-refractivity contribution in [2.75, 3.05) is 36.9 Å². The number of aromatic nitrogens is 2. The minimum atomic E-state index is -5.16. The number of thiazole rings is 2. The highest BCUT2D eigenvalue weighted by molar-refractivity contribution is 7.99. The quantitative estimate of drug-likeness (QED) is 0.0292. The Kier molecular flexibility index (Phi) is 14.9. The topological polar surface area (TPSA) is 218 Å². The highest BCUT2D eigenvalue weighted by Gasteiger charge is 2.89. The number of hydrogen-bond acceptors (Lipinski definition) is 17. The summed E-state index contributed by atoms with van der Waals surface area (Å²) >= 11 is 2.31. The number of halogens is 6. The van der Waals surface area contributed by atoms with Crippen molar-refractivity contribution in [2.24, 2.45) is 38.0 Å². The number of ether oxygens (including phenoxy) is 3. The van der Waals surface area contributed by atoms with Gasteiger partial charge in [0.2, 0.25) is 23.6 Å². The second kappa shape index (κ2) is 20.5. The minimum Gasteiger partial charge on any atom is -0.497 e. The molecule has 1 saturated carbocycles. The van der Waals surface area contributed by atoms with Crippen molar-refractivity contribution < 1.29 is 79.5 Å². The largest absolute Gasteiger partial charge is 0.573 e. The SMILES string of the molecule is C=Nc1ccc(OC(F)(F)F)cc1SCN1C(=O)C(C2(C=O)C(O)CCC[C@@]2(C)C(=O)N(C)c2nc3ccc(OC)cc3s2)C(C(O)CCC)(C2(C(=O)N(C)c3nc4ccc(C(F)(F)F)cc4s3)C3CCC(O3)[C@]2(C)C=O)C1=O. The molecule has 3 saturated heterocycles. The number of aliphatic hydroxyl groups is 2. The fraction of sp³-hybridized carbons (Fsp3) is 0.491. The molecule has 10 atom stereocenters. The van der Waals surface area contributed by atoms with E-state index in [-0.39, 0.29) is 75.9 Å². The first kappa shape index (κ1) is 57.6. The van der Waals surface area contributed by atoms with Crippen LogP contribution in [-0.4, -0.2) is 126 Å². The molecule has 3 aliphatic heterocycles. The molecule has 2 N–H and O–H groups in total. The highest BCUT2D eigenvalue weighted by Crippen LogP contribution is 2.75. The zero-order chi connectivity index (χ0) is 57.6. The molecule has 1 aliphatic carbocycles. The van der Waals surface area contributed by atoms with Crippen LogP contribution in [0.2, 0.25) is 0 Å². The number of alkyl halides is 6. The van der Waals surface area contributed by atoms with E-state index in [1.165, 1.54) is 35.1 Å². The van der Waals surface area contributed by atoms with Crippen molar-refractivity contribution in [2.45, 2.75) is 108 Å². The summed E-state index contributed by atoms with van der Waals surface area (Å²) < 4.78 is 99.6. The zero-order valence-electron chi connectivity index (χ0n) is 43.3. The molecule has 5 heterocycles. The van der Waals surface area contributed by atoms with Crippen LogP contribution in [0.4, 0.5) is 42.3 Å². The molecule has 4 aliphatic rings. The first-order valence-corrected chi connectivity index (χ1v) is 27.6. The monoisotopic (exact) mass is 1160 g/mol. The first-order valence-electron chi connectivity index (χ1n) is 25.0. The Morgan fingerprint density at radius 3 is 2.14 bits per heavy atom. The lowest BCUT2D eigenvalue weighted by Crippen LogP contribution is -2.76. The number of carbonyl (C=O) groups is 6. The summed E-state index contributed by atoms with van der Waals surface area (Å²) in [6.07, 6.45) is -17.3. The molecular weight excluding hydrogens is 1110 g/mol. The number of nitrogens with zero attached hydrogens (tertiary/aromatic N) is 6. The molecule has 5 aromatic rings. The molecule has 0 radical (unpaired) electrons. The van der Waals surface area contributed by atoms with Gasteiger partial charge in [-0.2, -0.15) is 13.2 Å². The number of benzene rings is 3. The number of aliphatic hydroxyl groups excluding tert-OH is 2. The van der Waals surface area contributed by atoms with Crippen LogP contribution in [0, 0.1) is 33.0 Å². The van der Waals surface area contributed by atoms with Gasteiger partial charge in [-0.05, 0) is 114 Å². The second-order valence-corrected chi connectivity index (χ2v) is 23.7. The third-order valence-electron chi connectivity index (χ3n) is 16.9. The Hall–Kier alpha value is -6.06. The molecule has 9 rings (SSSR count). The summed E-state index contributed by atoms with van der Waals surface area (Å²) in [4.78, 5) is 111. The van der Waals surface area contributed by atoms with E-state index in [2.05, 4.69) is 26.4 Å². The lowest BCUT2D eigenvalue weighted by atomic mass is 9.36. The highest BCUT2D eigenvalue weighted by atomic mass is 32.2. The zero-order valence-corrected chi connectivity index (χ0v) is 45.8. The van der Waals surface area contributed by atoms with Crippen LogP contribution in [0.1, 0.15) is 71.3 Å². The van der Waals surface area contributed by atoms with Gasteiger partial charge >= 0.3 is 12.5 Å². The molecule has 17 nitrogen and oxygen atoms in total. The van der Waals surface area contributed by atoms with Crippen LogP contribution in [0.5, 0.6) is 11.5 Å². The standard InChI is InChI=1S/C53H54F6N6O11S3/c1-8-10-37(69)50(51(39-19-18-38(75-39)48(51,3)24-66)44(73)64(6)46-61-31-15-12-27(52(54,55)56)21-34(31)78-46)40(41(70)65(43(50)72)26-77-33-23-29(76-53(57,58)59)14-16-30(33)60-4)49(25-67)36(68)11-9-20-47(49,2)42(71)63(5)45-62-32-17-13-28(74-7)22-35(32)79-45/h12-17,21-25,36-40,68-69H,4,8-11,18-20,26H2,1-3,5-7H3/t36?,37?,38?,39?,40?,47-,48-,49?,50?,51?/m0/s1. The van der Waals surface area contributed by atoms with E-state index in [1.54, 1.807) is 25.1 Å². The van der Waals surface area contributed by atoms with Gasteiger partial charge in [0.15, 0.2) is 10.3 Å². The van der Waals surface area contributed by atoms with Crippen molar-refractivity contribution in [1.82, 2.24) is 14.9 Å². The summed E-state index contributed by atoms with van der Waals surface area (Å²) in [5.74, 6) is -8.28. The van der Waals surface area contributed by atoms with Crippen molar-refractivity contribution >= 4 is 114 Å². The molecule has 79 heavy (non-hydrogen) atoms. The van der Waals surface area contributed by atoms with Gasteiger partial charge in [0.05, 0.1) is 91.2 Å². The van der Waals surface area contributed by atoms with Crippen LogP contribution in [0.3, 0.4) is 0 Å². The number of hydrogen-bond donors (Lipinski definition) is 2. The van der Waals surface area contributed by atoms with E-state index < -0.39 is 117 Å². The maximum atomic E-state index is 16.8. The molecule has 4 amide bonds. The first-order chi connectivity index (χ1) is 37.2. The van der Waals surface area contributed by atoms with Gasteiger partial charge in [-0.15, -0.1) is 24.9 Å². The van der Waals surface area contributed by atoms with Crippen LogP contribution in [0.25, 0.3) is 20.4 Å². The Bertz CT molecular complexity index is 3310. The molecule has 8 unspecified atom stereocenters. The summed E-state index contributed by atoms with van der Waals surface area (Å²) in [6, 6.07) is 10.7. The van der Waals surface area contributed by atoms with Crippen LogP contribution in [-0.2, 0) is 39.7 Å². The molecule has 422 valence electrons. The summed E-state index contributed by atoms with van der Waals surface area (Å²) in [6.45, 7) is 7.76. The molecule has 2 bridgehead atoms. The van der Waals surface area contributed by atoms with Gasteiger partial charge in [0.1, 0.15) is 34.9 Å². The number of aldehydes is 2. The molecule has 3 aromatic carbocycles. The van der Waals surface area contributed by atoms with Crippen LogP contribution < -0.4 is 19.3 Å². The predicted molar refractivity (Wildman–Crippen MR) is 280 cm³/mol. The Morgan fingerprint density at radius 2 is 1.54 bits per heavy atom. The fourth-order valence-electron chi connectivity index (χ4n) is 13.2. The van der Waals surface area contributed by atoms with E-state index >= 15 is 24.0 Å². The average Bonchev–Trinajstić information content (AvgIpc) is 2.16. The molecule has 4 fully saturated rings. The summed E-state index contributed by atoms with van der Waals surface area (Å²) in [5.41, 5.74) is -13.8. The van der Waals surface area contributed by atoms with E-state index in [9.17, 15) is 41.4 Å². The van der Waals surface area contributed by atoms with Crippen molar-refractivity contribution in [1.29, 1.82) is 0 Å². The maximum absolute atomic E-state index is 16.8. The predicted octanol–water partition coefficient (Wildman–Crippen LogP) is 9.16. The van der Waals surface area contributed by atoms with Crippen molar-refractivity contribution in [3.8, 4) is 11.5 Å². The lowest BCUT2D eigenvalue weighted by molar-refractivity contribution is -0.274. The van der Waals surface area contributed by atoms with Crippen molar-refractivity contribution in [3.63, 3.8) is 0 Å². The van der Waals surface area contributed by atoms with Gasteiger partial charge in [-0.3, -0.25) is 38.9 Å². The average molecular weight is 1160 g/mol. The summed E-state index contributed by atoms with van der Waals surface area (Å²) in [7, 11) is 4.02. The van der Waals surface area contributed by atoms with Gasteiger partial charge < -0.3 is 34.0 Å². The number of carbonyl (C=O) groups excluding carboxylic acids is 6. The smallest absolute Gasteiger partial charge is 0.497 e. The Morgan fingerprint density at radius 1 is 0.924 bits per heavy atom. The third-order valence-corrected chi connectivity index (χ3v) is 20.1. The number of likely N-dealkylation sites (tertiary alicyclic amines) is 1. The number of amides is 4. The second-order valence-electron chi connectivity index (χ2n) is 20.7. The van der Waals surface area contributed by atoms with Crippen LogP contribution >= 0.6 is 34.4 Å². The number of methoxy groups -OCH3 is 1. The molecule has 26 heteroatoms. The van der Waals surface area contributed by atoms with Gasteiger partial charge in [-0.25, -0.2) is 9.97 Å². The van der Waals surface area contributed by atoms with E-state index in [0.29, 0.717) is 50.3 Å². The summed E-state index contributed by atoms with van der Waals surface area (Å²) in [5, 5.41) is 26.3. The van der Waals surface area contributed by atoms with Gasteiger partial charge in [-0.1, -0.05) is 36.0 Å². The number of imide groups is 1. The number of anilines is 2. The van der Waals surface area contributed by atoms with Gasteiger partial charge in [0, 0.05) is 19.0 Å². The Balaban J connectivity index is 1.32. The van der Waals surface area contributed by atoms with Crippen LogP contribution in [0.15, 0.2) is 64.5 Å². The number of aliphatic imine (C=N–C) groups is 1. The van der Waals surface area contributed by atoms with E-state index in [4.69, 9.17) is 9.47 Å². The molecule has 0 spiro atoms. The Labute approximate surface area is 460 Å². The number of fused-ring (bicyclic) bond motifs is 4. The van der Waals surface area contributed by atoms with E-state index in [1.807, 2.05) is 0 Å². The van der Waals surface area contributed by atoms with Gasteiger partial charge in [0.25, 0.3) is 0 Å². The van der Waals surface area contributed by atoms with E-state index in [0.717, 1.165) is 57.5 Å². The maximum Gasteiger partial charge on any atom is 0.573 e. The minimum absolute atomic E-state index is 0.0104. The number of rotatable bonds is 17. The third kappa shape index (κ3) is 8.54. The molecule has 2 aromatic heterocycles. The molecular formula is C53H54F6N6O11S3.